The molecule has 1 N–H and O–H groups in total. The Morgan fingerprint density at radius 3 is 2.50 bits per heavy atom. The van der Waals surface area contributed by atoms with Crippen LogP contribution in [0.5, 0.6) is 0 Å². The molecule has 0 aliphatic rings. The molecule has 3 rings (SSSR count). The van der Waals surface area contributed by atoms with E-state index in [0.29, 0.717) is 10.4 Å². The molecule has 4 nitrogen and oxygen atoms in total. The summed E-state index contributed by atoms with van der Waals surface area (Å²) in [6, 6.07) is 15.2. The molecule has 0 unspecified atom stereocenters. The Morgan fingerprint density at radius 1 is 1.10 bits per heavy atom. The first kappa shape index (κ1) is 12.6. The molecule has 0 saturated carbocycles. The number of fused-ring (bicyclic) bond motifs is 1. The molecule has 20 heavy (non-hydrogen) atoms. The Kier molecular flexibility index (Phi) is 3.12. The topological polar surface area (TPSA) is 55.2 Å². The lowest BCUT2D eigenvalue weighted by Gasteiger charge is -2.03. The van der Waals surface area contributed by atoms with E-state index in [0.717, 1.165) is 16.0 Å². The van der Waals surface area contributed by atoms with Crippen LogP contribution in [-0.4, -0.2) is 4.92 Å². The first-order chi connectivity index (χ1) is 9.65. The molecule has 0 fully saturated rings. The van der Waals surface area contributed by atoms with E-state index in [2.05, 4.69) is 5.32 Å². The Bertz CT molecular complexity index is 778. The zero-order valence-electron chi connectivity index (χ0n) is 10.8. The smallest absolute Gasteiger partial charge is 0.311 e. The van der Waals surface area contributed by atoms with Gasteiger partial charge in [-0.1, -0.05) is 29.8 Å². The van der Waals surface area contributed by atoms with Gasteiger partial charge < -0.3 is 5.32 Å². The largest absolute Gasteiger partial charge is 0.341 e. The molecule has 0 aliphatic carbocycles. The highest BCUT2D eigenvalue weighted by atomic mass is 32.1. The standard InChI is InChI=1S/C15H12N2O2S/c1-10-6-8-11(9-7-10)16-15-14(17(18)19)12-4-2-3-5-13(12)20-15/h2-9,16H,1H3. The maximum Gasteiger partial charge on any atom is 0.311 e. The van der Waals surface area contributed by atoms with Gasteiger partial charge in [0.1, 0.15) is 0 Å². The van der Waals surface area contributed by atoms with Crippen LogP contribution in [0.15, 0.2) is 48.5 Å². The average Bonchev–Trinajstić information content (AvgIpc) is 2.79. The SMILES string of the molecule is Cc1ccc(Nc2sc3ccccc3c2[N+](=O)[O-])cc1. The fourth-order valence-corrected chi connectivity index (χ4v) is 3.16. The number of nitrogens with zero attached hydrogens (tertiary/aromatic N) is 1. The van der Waals surface area contributed by atoms with Crippen LogP contribution in [0, 0.1) is 17.0 Å². The molecular formula is C15H12N2O2S. The van der Waals surface area contributed by atoms with Crippen molar-refractivity contribution >= 4 is 37.8 Å². The normalized spacial score (nSPS) is 10.7. The Labute approximate surface area is 119 Å². The summed E-state index contributed by atoms with van der Waals surface area (Å²) in [7, 11) is 0. The molecule has 1 heterocycles. The number of nitro groups is 1. The third-order valence-corrected chi connectivity index (χ3v) is 4.14. The van der Waals surface area contributed by atoms with Crippen molar-refractivity contribution in [2.75, 3.05) is 5.32 Å². The maximum absolute atomic E-state index is 11.3. The lowest BCUT2D eigenvalue weighted by molar-refractivity contribution is -0.381. The van der Waals surface area contributed by atoms with E-state index in [1.54, 1.807) is 6.07 Å². The third-order valence-electron chi connectivity index (χ3n) is 3.06. The van der Waals surface area contributed by atoms with Gasteiger partial charge in [-0.2, -0.15) is 0 Å². The van der Waals surface area contributed by atoms with Crippen LogP contribution in [-0.2, 0) is 0 Å². The molecule has 1 aromatic heterocycles. The molecule has 100 valence electrons. The maximum atomic E-state index is 11.3. The Hall–Kier alpha value is -2.40. The van der Waals surface area contributed by atoms with Crippen molar-refractivity contribution in [1.82, 2.24) is 0 Å². The Balaban J connectivity index is 2.08. The van der Waals surface area contributed by atoms with Gasteiger partial charge in [-0.15, -0.1) is 11.3 Å². The van der Waals surface area contributed by atoms with Gasteiger partial charge in [0.15, 0.2) is 5.00 Å². The van der Waals surface area contributed by atoms with E-state index in [-0.39, 0.29) is 10.6 Å². The highest BCUT2D eigenvalue weighted by Crippen LogP contribution is 2.42. The molecule has 2 aromatic carbocycles. The van der Waals surface area contributed by atoms with Crippen LogP contribution >= 0.6 is 11.3 Å². The molecule has 5 heteroatoms. The van der Waals surface area contributed by atoms with Gasteiger partial charge >= 0.3 is 5.69 Å². The summed E-state index contributed by atoms with van der Waals surface area (Å²) in [5.74, 6) is 0. The fraction of sp³-hybridized carbons (Fsp3) is 0.0667. The van der Waals surface area contributed by atoms with E-state index < -0.39 is 0 Å². The van der Waals surface area contributed by atoms with Crippen molar-refractivity contribution in [1.29, 1.82) is 0 Å². The molecule has 0 spiro atoms. The molecule has 0 bridgehead atoms. The minimum Gasteiger partial charge on any atom is -0.341 e. The fourth-order valence-electron chi connectivity index (χ4n) is 2.07. The number of anilines is 2. The summed E-state index contributed by atoms with van der Waals surface area (Å²) < 4.78 is 0.911. The van der Waals surface area contributed by atoms with Crippen LogP contribution in [0.2, 0.25) is 0 Å². The van der Waals surface area contributed by atoms with Crippen molar-refractivity contribution in [3.8, 4) is 0 Å². The summed E-state index contributed by atoms with van der Waals surface area (Å²) in [6.45, 7) is 2.01. The zero-order chi connectivity index (χ0) is 14.1. The van der Waals surface area contributed by atoms with E-state index in [1.807, 2.05) is 49.4 Å². The predicted octanol–water partition coefficient (Wildman–Crippen LogP) is 4.86. The van der Waals surface area contributed by atoms with Crippen LogP contribution in [0.4, 0.5) is 16.4 Å². The van der Waals surface area contributed by atoms with Gasteiger partial charge in [0, 0.05) is 10.4 Å². The summed E-state index contributed by atoms with van der Waals surface area (Å²) in [5.41, 5.74) is 2.15. The third kappa shape index (κ3) is 2.23. The van der Waals surface area contributed by atoms with E-state index >= 15 is 0 Å². The van der Waals surface area contributed by atoms with E-state index in [9.17, 15) is 10.1 Å². The van der Waals surface area contributed by atoms with Gasteiger partial charge in [0.25, 0.3) is 0 Å². The number of rotatable bonds is 3. The molecule has 0 amide bonds. The van der Waals surface area contributed by atoms with Crippen molar-refractivity contribution in [2.24, 2.45) is 0 Å². The van der Waals surface area contributed by atoms with Crippen molar-refractivity contribution < 1.29 is 4.92 Å². The van der Waals surface area contributed by atoms with Gasteiger partial charge in [0.2, 0.25) is 0 Å². The minimum atomic E-state index is -0.324. The number of thiophene rings is 1. The lowest BCUT2D eigenvalue weighted by Crippen LogP contribution is -1.93. The van der Waals surface area contributed by atoms with Crippen LogP contribution < -0.4 is 5.32 Å². The second-order valence-corrected chi connectivity index (χ2v) is 5.58. The number of hydrogen-bond donors (Lipinski definition) is 1. The second kappa shape index (κ2) is 4.94. The predicted molar refractivity (Wildman–Crippen MR) is 82.9 cm³/mol. The monoisotopic (exact) mass is 284 g/mol. The van der Waals surface area contributed by atoms with Crippen molar-refractivity contribution in [3.63, 3.8) is 0 Å². The van der Waals surface area contributed by atoms with Crippen LogP contribution in [0.25, 0.3) is 10.1 Å². The highest BCUT2D eigenvalue weighted by Gasteiger charge is 2.22. The summed E-state index contributed by atoms with van der Waals surface area (Å²) in [5, 5.41) is 15.7. The van der Waals surface area contributed by atoms with Crippen molar-refractivity contribution in [2.45, 2.75) is 6.92 Å². The summed E-state index contributed by atoms with van der Waals surface area (Å²) in [6.07, 6.45) is 0. The van der Waals surface area contributed by atoms with Crippen LogP contribution in [0.1, 0.15) is 5.56 Å². The first-order valence-corrected chi connectivity index (χ1v) is 6.96. The van der Waals surface area contributed by atoms with Crippen LogP contribution in [0.3, 0.4) is 0 Å². The lowest BCUT2D eigenvalue weighted by atomic mass is 10.2. The average molecular weight is 284 g/mol. The number of hydrogen-bond acceptors (Lipinski definition) is 4. The Morgan fingerprint density at radius 2 is 1.80 bits per heavy atom. The molecule has 0 radical (unpaired) electrons. The molecule has 0 atom stereocenters. The van der Waals surface area contributed by atoms with Gasteiger partial charge in [-0.05, 0) is 31.2 Å². The highest BCUT2D eigenvalue weighted by molar-refractivity contribution is 7.23. The van der Waals surface area contributed by atoms with Crippen molar-refractivity contribution in [3.05, 3.63) is 64.2 Å². The van der Waals surface area contributed by atoms with Gasteiger partial charge in [-0.3, -0.25) is 10.1 Å². The van der Waals surface area contributed by atoms with E-state index in [1.165, 1.54) is 11.3 Å². The second-order valence-electron chi connectivity index (χ2n) is 4.52. The molecule has 0 saturated heterocycles. The minimum absolute atomic E-state index is 0.145. The zero-order valence-corrected chi connectivity index (χ0v) is 11.6. The number of nitrogens with one attached hydrogen (secondary N) is 1. The summed E-state index contributed by atoms with van der Waals surface area (Å²) >= 11 is 1.40. The number of aryl methyl sites for hydroxylation is 1. The molecule has 0 aliphatic heterocycles. The first-order valence-electron chi connectivity index (χ1n) is 6.15. The van der Waals surface area contributed by atoms with E-state index in [4.69, 9.17) is 0 Å². The van der Waals surface area contributed by atoms with Gasteiger partial charge in [0.05, 0.1) is 10.3 Å². The number of benzene rings is 2. The summed E-state index contributed by atoms with van der Waals surface area (Å²) in [4.78, 5) is 11.0. The molecule has 3 aromatic rings. The molecular weight excluding hydrogens is 272 g/mol. The van der Waals surface area contributed by atoms with Gasteiger partial charge in [-0.25, -0.2) is 0 Å². The quantitative estimate of drug-likeness (QED) is 0.552.